The van der Waals surface area contributed by atoms with Gasteiger partial charge in [-0.15, -0.1) is 0 Å². The second-order valence-electron chi connectivity index (χ2n) is 7.12. The lowest BCUT2D eigenvalue weighted by Crippen LogP contribution is -2.33. The highest BCUT2D eigenvalue weighted by Crippen LogP contribution is 2.19. The van der Waals surface area contributed by atoms with Gasteiger partial charge in [0.1, 0.15) is 5.69 Å². The van der Waals surface area contributed by atoms with Crippen LogP contribution in [-0.4, -0.2) is 40.0 Å². The van der Waals surface area contributed by atoms with Gasteiger partial charge in [-0.3, -0.25) is 9.59 Å². The summed E-state index contributed by atoms with van der Waals surface area (Å²) in [6.45, 7) is 5.58. The second-order valence-corrected chi connectivity index (χ2v) is 7.12. The molecular weight excluding hydrogens is 382 g/mol. The first-order chi connectivity index (χ1) is 14.3. The normalized spacial score (nSPS) is 11.9. The van der Waals surface area contributed by atoms with Crippen LogP contribution in [0, 0.1) is 6.92 Å². The van der Waals surface area contributed by atoms with Crippen LogP contribution in [0.5, 0.6) is 0 Å². The molecule has 156 valence electrons. The first-order valence-electron chi connectivity index (χ1n) is 9.82. The Hall–Kier alpha value is -3.48. The highest BCUT2D eigenvalue weighted by atomic mass is 16.5. The van der Waals surface area contributed by atoms with Gasteiger partial charge in [-0.2, -0.15) is 0 Å². The third-order valence-corrected chi connectivity index (χ3v) is 5.24. The summed E-state index contributed by atoms with van der Waals surface area (Å²) in [7, 11) is 1.68. The number of carbonyl (C=O) groups excluding carboxylic acids is 2. The maximum atomic E-state index is 12.5. The SMILES string of the molecule is CCn1c(=O)c(C)nc2cc(C(=O)OCC(=O)N(C)[C@@H](C)c3ccccc3)ccc21. The average molecular weight is 407 g/mol. The number of aryl methyl sites for hydroxylation is 2. The van der Waals surface area contributed by atoms with Gasteiger partial charge in [0.2, 0.25) is 0 Å². The first kappa shape index (κ1) is 21.2. The highest BCUT2D eigenvalue weighted by Gasteiger charge is 2.19. The molecule has 7 heteroatoms. The summed E-state index contributed by atoms with van der Waals surface area (Å²) in [5, 5.41) is 0. The number of hydrogen-bond donors (Lipinski definition) is 0. The van der Waals surface area contributed by atoms with Crippen molar-refractivity contribution in [2.45, 2.75) is 33.4 Å². The summed E-state index contributed by atoms with van der Waals surface area (Å²) in [6, 6.07) is 14.3. The Balaban J connectivity index is 1.71. The largest absolute Gasteiger partial charge is 0.452 e. The van der Waals surface area contributed by atoms with Crippen LogP contribution in [-0.2, 0) is 16.1 Å². The Labute approximate surface area is 174 Å². The van der Waals surface area contributed by atoms with E-state index in [4.69, 9.17) is 4.74 Å². The van der Waals surface area contributed by atoms with E-state index in [1.807, 2.05) is 44.2 Å². The van der Waals surface area contributed by atoms with E-state index in [9.17, 15) is 14.4 Å². The van der Waals surface area contributed by atoms with Crippen molar-refractivity contribution in [3.63, 3.8) is 0 Å². The molecule has 0 N–H and O–H groups in total. The second kappa shape index (κ2) is 8.90. The minimum atomic E-state index is -0.611. The van der Waals surface area contributed by atoms with E-state index >= 15 is 0 Å². The van der Waals surface area contributed by atoms with Gasteiger partial charge >= 0.3 is 5.97 Å². The Morgan fingerprint density at radius 1 is 1.17 bits per heavy atom. The quantitative estimate of drug-likeness (QED) is 0.587. The van der Waals surface area contributed by atoms with Crippen LogP contribution in [0.3, 0.4) is 0 Å². The fraction of sp³-hybridized carbons (Fsp3) is 0.304. The maximum Gasteiger partial charge on any atom is 0.338 e. The van der Waals surface area contributed by atoms with Gasteiger partial charge in [-0.25, -0.2) is 9.78 Å². The molecule has 1 heterocycles. The monoisotopic (exact) mass is 407 g/mol. The molecule has 0 aliphatic rings. The summed E-state index contributed by atoms with van der Waals surface area (Å²) >= 11 is 0. The van der Waals surface area contributed by atoms with Gasteiger partial charge in [-0.1, -0.05) is 30.3 Å². The molecule has 0 bridgehead atoms. The van der Waals surface area contributed by atoms with E-state index in [1.165, 1.54) is 0 Å². The van der Waals surface area contributed by atoms with Crippen molar-refractivity contribution in [3.05, 3.63) is 75.7 Å². The molecule has 0 unspecified atom stereocenters. The summed E-state index contributed by atoms with van der Waals surface area (Å²) in [5.74, 6) is -0.908. The van der Waals surface area contributed by atoms with Crippen molar-refractivity contribution >= 4 is 22.9 Å². The van der Waals surface area contributed by atoms with E-state index < -0.39 is 5.97 Å². The predicted octanol–water partition coefficient (Wildman–Crippen LogP) is 3.10. The van der Waals surface area contributed by atoms with Gasteiger partial charge in [-0.05, 0) is 44.5 Å². The zero-order valence-electron chi connectivity index (χ0n) is 17.6. The van der Waals surface area contributed by atoms with Crippen molar-refractivity contribution in [3.8, 4) is 0 Å². The lowest BCUT2D eigenvalue weighted by molar-refractivity contribution is -0.135. The van der Waals surface area contributed by atoms with Gasteiger partial charge in [0.05, 0.1) is 22.6 Å². The number of benzene rings is 2. The number of likely N-dealkylation sites (N-methyl/N-ethyl adjacent to an activating group) is 1. The fourth-order valence-corrected chi connectivity index (χ4v) is 3.30. The summed E-state index contributed by atoms with van der Waals surface area (Å²) in [4.78, 5) is 43.0. The van der Waals surface area contributed by atoms with Crippen LogP contribution in [0.4, 0.5) is 0 Å². The summed E-state index contributed by atoms with van der Waals surface area (Å²) in [5.41, 5.74) is 2.67. The topological polar surface area (TPSA) is 81.5 Å². The predicted molar refractivity (Wildman–Crippen MR) is 114 cm³/mol. The third-order valence-electron chi connectivity index (χ3n) is 5.24. The van der Waals surface area contributed by atoms with Crippen LogP contribution in [0.2, 0.25) is 0 Å². The number of amides is 1. The smallest absolute Gasteiger partial charge is 0.338 e. The minimum Gasteiger partial charge on any atom is -0.452 e. The van der Waals surface area contributed by atoms with Crippen LogP contribution in [0.25, 0.3) is 11.0 Å². The summed E-state index contributed by atoms with van der Waals surface area (Å²) < 4.78 is 6.84. The number of rotatable bonds is 6. The number of fused-ring (bicyclic) bond motifs is 1. The van der Waals surface area contributed by atoms with E-state index in [2.05, 4.69) is 4.98 Å². The molecule has 1 amide bonds. The van der Waals surface area contributed by atoms with Crippen LogP contribution in [0.15, 0.2) is 53.3 Å². The molecule has 1 atom stereocenters. The maximum absolute atomic E-state index is 12.5. The molecule has 0 spiro atoms. The molecule has 0 fully saturated rings. The molecule has 7 nitrogen and oxygen atoms in total. The lowest BCUT2D eigenvalue weighted by Gasteiger charge is -2.25. The zero-order valence-corrected chi connectivity index (χ0v) is 17.6. The molecule has 0 aliphatic heterocycles. The molecule has 0 saturated heterocycles. The molecular formula is C23H25N3O4. The summed E-state index contributed by atoms with van der Waals surface area (Å²) in [6.07, 6.45) is 0. The standard InChI is InChI=1S/C23H25N3O4/c1-5-26-20-12-11-18(13-19(20)24-15(2)22(26)28)23(29)30-14-21(27)25(4)16(3)17-9-7-6-8-10-17/h6-13,16H,5,14H2,1-4H3/t16-/m0/s1. The van der Waals surface area contributed by atoms with Gasteiger partial charge in [0, 0.05) is 13.6 Å². The van der Waals surface area contributed by atoms with E-state index in [-0.39, 0.29) is 29.7 Å². The Morgan fingerprint density at radius 2 is 1.87 bits per heavy atom. The molecule has 1 aromatic heterocycles. The minimum absolute atomic E-state index is 0.143. The van der Waals surface area contributed by atoms with E-state index in [0.717, 1.165) is 5.56 Å². The lowest BCUT2D eigenvalue weighted by atomic mass is 10.1. The Morgan fingerprint density at radius 3 is 2.53 bits per heavy atom. The zero-order chi connectivity index (χ0) is 21.8. The van der Waals surface area contributed by atoms with Crippen LogP contribution < -0.4 is 5.56 Å². The van der Waals surface area contributed by atoms with Gasteiger partial charge in [0.15, 0.2) is 6.61 Å². The fourth-order valence-electron chi connectivity index (χ4n) is 3.30. The van der Waals surface area contributed by atoms with Crippen LogP contribution >= 0.6 is 0 Å². The van der Waals surface area contributed by atoms with Crippen molar-refractivity contribution in [2.75, 3.05) is 13.7 Å². The molecule has 0 aliphatic carbocycles. The van der Waals surface area contributed by atoms with Crippen molar-refractivity contribution in [1.29, 1.82) is 0 Å². The molecule has 30 heavy (non-hydrogen) atoms. The number of aromatic nitrogens is 2. The molecule has 3 aromatic rings. The number of hydrogen-bond acceptors (Lipinski definition) is 5. The molecule has 2 aromatic carbocycles. The number of esters is 1. The number of ether oxygens (including phenoxy) is 1. The average Bonchev–Trinajstić information content (AvgIpc) is 2.77. The Bertz CT molecular complexity index is 1140. The van der Waals surface area contributed by atoms with Crippen LogP contribution in [0.1, 0.15) is 41.5 Å². The van der Waals surface area contributed by atoms with Crippen molar-refractivity contribution < 1.29 is 14.3 Å². The van der Waals surface area contributed by atoms with E-state index in [1.54, 1.807) is 41.6 Å². The Kier molecular flexibility index (Phi) is 6.30. The number of nitrogens with zero attached hydrogens (tertiary/aromatic N) is 3. The van der Waals surface area contributed by atoms with Gasteiger partial charge < -0.3 is 14.2 Å². The van der Waals surface area contributed by atoms with Gasteiger partial charge in [0.25, 0.3) is 11.5 Å². The molecule has 3 rings (SSSR count). The molecule has 0 radical (unpaired) electrons. The third kappa shape index (κ3) is 4.25. The van der Waals surface area contributed by atoms with Crippen molar-refractivity contribution in [1.82, 2.24) is 14.5 Å². The highest BCUT2D eigenvalue weighted by molar-refractivity contribution is 5.94. The van der Waals surface area contributed by atoms with Crippen molar-refractivity contribution in [2.24, 2.45) is 0 Å². The number of carbonyl (C=O) groups is 2. The van der Waals surface area contributed by atoms with E-state index in [0.29, 0.717) is 23.3 Å². The molecule has 0 saturated carbocycles. The first-order valence-corrected chi connectivity index (χ1v) is 9.82.